The maximum absolute atomic E-state index is 11.4. The lowest BCUT2D eigenvalue weighted by atomic mass is 10.00. The highest BCUT2D eigenvalue weighted by molar-refractivity contribution is 5.79. The average molecular weight is 216 g/mol. The Morgan fingerprint density at radius 2 is 1.93 bits per heavy atom. The van der Waals surface area contributed by atoms with Gasteiger partial charge in [0, 0.05) is 25.0 Å². The van der Waals surface area contributed by atoms with Crippen molar-refractivity contribution in [3.63, 3.8) is 0 Å². The molecule has 5 heteroatoms. The van der Waals surface area contributed by atoms with Crippen LogP contribution >= 0.6 is 0 Å². The van der Waals surface area contributed by atoms with Crippen molar-refractivity contribution in [1.82, 2.24) is 5.32 Å². The lowest BCUT2D eigenvalue weighted by Crippen LogP contribution is -2.45. The monoisotopic (exact) mass is 216 g/mol. The van der Waals surface area contributed by atoms with Crippen molar-refractivity contribution in [2.24, 2.45) is 5.73 Å². The van der Waals surface area contributed by atoms with Crippen molar-refractivity contribution in [3.8, 4) is 0 Å². The highest BCUT2D eigenvalue weighted by Gasteiger charge is 2.22. The fraction of sp³-hybridized carbons (Fsp3) is 0.800. The van der Waals surface area contributed by atoms with Crippen LogP contribution in [0.5, 0.6) is 0 Å². The molecule has 0 aliphatic rings. The molecule has 0 radical (unpaired) electrons. The third kappa shape index (κ3) is 7.93. The molecule has 0 aliphatic heterocycles. The second kappa shape index (κ2) is 6.40. The molecule has 15 heavy (non-hydrogen) atoms. The van der Waals surface area contributed by atoms with E-state index in [0.717, 1.165) is 0 Å². The minimum absolute atomic E-state index is 0.0952. The van der Waals surface area contributed by atoms with Gasteiger partial charge in [0.25, 0.3) is 0 Å². The standard InChI is InChI=1S/C10H20N2O3/c1-10(2,7-8(11)14)12-9(15)5-3-4-6-13/h13H,3-7H2,1-2H3,(H2,11,14)(H,12,15). The number of aliphatic hydroxyl groups is 1. The molecular weight excluding hydrogens is 196 g/mol. The van der Waals surface area contributed by atoms with Crippen LogP contribution in [0.1, 0.15) is 39.5 Å². The normalized spacial score (nSPS) is 11.1. The minimum Gasteiger partial charge on any atom is -0.396 e. The fourth-order valence-electron chi connectivity index (χ4n) is 1.32. The second-order valence-corrected chi connectivity index (χ2v) is 4.26. The minimum atomic E-state index is -0.595. The molecule has 0 saturated carbocycles. The lowest BCUT2D eigenvalue weighted by Gasteiger charge is -2.24. The number of aliphatic hydroxyl groups excluding tert-OH is 1. The van der Waals surface area contributed by atoms with Gasteiger partial charge in [-0.05, 0) is 26.7 Å². The first kappa shape index (κ1) is 13.9. The van der Waals surface area contributed by atoms with Crippen molar-refractivity contribution in [3.05, 3.63) is 0 Å². The molecule has 0 bridgehead atoms. The van der Waals surface area contributed by atoms with Gasteiger partial charge in [-0.3, -0.25) is 9.59 Å². The SMILES string of the molecule is CC(C)(CC(N)=O)NC(=O)CCCCO. The topological polar surface area (TPSA) is 92.4 Å². The number of hydrogen-bond acceptors (Lipinski definition) is 3. The molecule has 0 aromatic heterocycles. The van der Waals surface area contributed by atoms with Gasteiger partial charge in [0.15, 0.2) is 0 Å². The van der Waals surface area contributed by atoms with Gasteiger partial charge < -0.3 is 16.2 Å². The Morgan fingerprint density at radius 1 is 1.33 bits per heavy atom. The zero-order valence-electron chi connectivity index (χ0n) is 9.38. The largest absolute Gasteiger partial charge is 0.396 e. The molecule has 0 aromatic carbocycles. The summed E-state index contributed by atoms with van der Waals surface area (Å²) >= 11 is 0. The predicted octanol–water partition coefficient (Wildman–Crippen LogP) is -0.0808. The smallest absolute Gasteiger partial charge is 0.220 e. The van der Waals surface area contributed by atoms with Crippen molar-refractivity contribution < 1.29 is 14.7 Å². The number of amides is 2. The molecule has 2 amide bonds. The molecule has 0 unspecified atom stereocenters. The number of nitrogens with one attached hydrogen (secondary N) is 1. The maximum Gasteiger partial charge on any atom is 0.220 e. The summed E-state index contributed by atoms with van der Waals surface area (Å²) in [6.07, 6.45) is 1.75. The highest BCUT2D eigenvalue weighted by atomic mass is 16.3. The summed E-state index contributed by atoms with van der Waals surface area (Å²) in [7, 11) is 0. The zero-order valence-corrected chi connectivity index (χ0v) is 9.38. The van der Waals surface area contributed by atoms with E-state index in [9.17, 15) is 9.59 Å². The van der Waals surface area contributed by atoms with Gasteiger partial charge in [-0.15, -0.1) is 0 Å². The Morgan fingerprint density at radius 3 is 2.40 bits per heavy atom. The van der Waals surface area contributed by atoms with Gasteiger partial charge >= 0.3 is 0 Å². The van der Waals surface area contributed by atoms with Crippen molar-refractivity contribution in [2.75, 3.05) is 6.61 Å². The van der Waals surface area contributed by atoms with Gasteiger partial charge in [0.05, 0.1) is 0 Å². The van der Waals surface area contributed by atoms with E-state index in [2.05, 4.69) is 5.32 Å². The van der Waals surface area contributed by atoms with Crippen LogP contribution in [0.2, 0.25) is 0 Å². The van der Waals surface area contributed by atoms with E-state index in [0.29, 0.717) is 19.3 Å². The number of carbonyl (C=O) groups excluding carboxylic acids is 2. The lowest BCUT2D eigenvalue weighted by molar-refractivity contribution is -0.124. The fourth-order valence-corrected chi connectivity index (χ4v) is 1.32. The Balaban J connectivity index is 3.88. The number of hydrogen-bond donors (Lipinski definition) is 3. The van der Waals surface area contributed by atoms with Gasteiger partial charge in [0.1, 0.15) is 0 Å². The van der Waals surface area contributed by atoms with Gasteiger partial charge in [0.2, 0.25) is 11.8 Å². The van der Waals surface area contributed by atoms with Crippen molar-refractivity contribution >= 4 is 11.8 Å². The summed E-state index contributed by atoms with van der Waals surface area (Å²) in [5, 5.41) is 11.3. The Bertz CT molecular complexity index is 227. The molecule has 88 valence electrons. The molecule has 4 N–H and O–H groups in total. The molecule has 5 nitrogen and oxygen atoms in total. The summed E-state index contributed by atoms with van der Waals surface area (Å²) in [4.78, 5) is 22.1. The number of nitrogens with two attached hydrogens (primary N) is 1. The Hall–Kier alpha value is -1.10. The first-order chi connectivity index (χ1) is 6.87. The predicted molar refractivity (Wildman–Crippen MR) is 57.0 cm³/mol. The first-order valence-corrected chi connectivity index (χ1v) is 5.07. The van der Waals surface area contributed by atoms with E-state index in [1.54, 1.807) is 13.8 Å². The summed E-state index contributed by atoms with van der Waals surface area (Å²) in [5.41, 5.74) is 4.46. The van der Waals surface area contributed by atoms with Crippen molar-refractivity contribution in [1.29, 1.82) is 0 Å². The van der Waals surface area contributed by atoms with E-state index in [1.807, 2.05) is 0 Å². The first-order valence-electron chi connectivity index (χ1n) is 5.07. The van der Waals surface area contributed by atoms with Crippen LogP contribution < -0.4 is 11.1 Å². The van der Waals surface area contributed by atoms with E-state index in [1.165, 1.54) is 0 Å². The van der Waals surface area contributed by atoms with Gasteiger partial charge in [-0.1, -0.05) is 0 Å². The molecule has 0 heterocycles. The van der Waals surface area contributed by atoms with Crippen LogP contribution in [0.15, 0.2) is 0 Å². The number of carbonyl (C=O) groups is 2. The Labute approximate surface area is 90.0 Å². The number of unbranched alkanes of at least 4 members (excludes halogenated alkanes) is 1. The number of primary amides is 1. The summed E-state index contributed by atoms with van der Waals surface area (Å²) < 4.78 is 0. The quantitative estimate of drug-likeness (QED) is 0.520. The second-order valence-electron chi connectivity index (χ2n) is 4.26. The summed E-state index contributed by atoms with van der Waals surface area (Å²) in [6, 6.07) is 0. The van der Waals surface area contributed by atoms with E-state index in [4.69, 9.17) is 10.8 Å². The van der Waals surface area contributed by atoms with E-state index in [-0.39, 0.29) is 18.9 Å². The van der Waals surface area contributed by atoms with Gasteiger partial charge in [-0.25, -0.2) is 0 Å². The van der Waals surface area contributed by atoms with Crippen LogP contribution in [0.3, 0.4) is 0 Å². The molecule has 0 fully saturated rings. The Kier molecular flexibility index (Phi) is 5.93. The van der Waals surface area contributed by atoms with Crippen LogP contribution in [0.4, 0.5) is 0 Å². The molecule has 0 aliphatic carbocycles. The summed E-state index contributed by atoms with van der Waals surface area (Å²) in [6.45, 7) is 3.60. The van der Waals surface area contributed by atoms with Crippen LogP contribution in [0, 0.1) is 0 Å². The van der Waals surface area contributed by atoms with Crippen molar-refractivity contribution in [2.45, 2.75) is 45.1 Å². The number of rotatable bonds is 7. The van der Waals surface area contributed by atoms with E-state index < -0.39 is 11.4 Å². The van der Waals surface area contributed by atoms with Crippen LogP contribution in [0.25, 0.3) is 0 Å². The average Bonchev–Trinajstić information content (AvgIpc) is 2.00. The zero-order chi connectivity index (χ0) is 11.9. The van der Waals surface area contributed by atoms with Gasteiger partial charge in [-0.2, -0.15) is 0 Å². The third-order valence-electron chi connectivity index (χ3n) is 1.91. The van der Waals surface area contributed by atoms with Crippen LogP contribution in [-0.2, 0) is 9.59 Å². The molecule has 0 spiro atoms. The third-order valence-corrected chi connectivity index (χ3v) is 1.91. The van der Waals surface area contributed by atoms with Crippen LogP contribution in [-0.4, -0.2) is 29.1 Å². The molecular formula is C10H20N2O3. The maximum atomic E-state index is 11.4. The highest BCUT2D eigenvalue weighted by Crippen LogP contribution is 2.08. The molecule has 0 aromatic rings. The summed E-state index contributed by atoms with van der Waals surface area (Å²) in [5.74, 6) is -0.551. The van der Waals surface area contributed by atoms with E-state index >= 15 is 0 Å². The molecule has 0 saturated heterocycles. The molecule has 0 atom stereocenters. The molecule has 0 rings (SSSR count).